The monoisotopic (exact) mass is 292 g/mol. The minimum Gasteiger partial charge on any atom is -0.480 e. The third-order valence-electron chi connectivity index (χ3n) is 3.70. The molecule has 0 atom stereocenters. The molecule has 5 nitrogen and oxygen atoms in total. The second-order valence-electron chi connectivity index (χ2n) is 5.42. The van der Waals surface area contributed by atoms with E-state index in [2.05, 4.69) is 0 Å². The van der Waals surface area contributed by atoms with E-state index in [0.29, 0.717) is 13.1 Å². The molecule has 0 aromatic heterocycles. The Labute approximate surface area is 126 Å². The number of carboxylic acid groups (broad SMARTS) is 1. The second-order valence-corrected chi connectivity index (χ2v) is 5.42. The minimum absolute atomic E-state index is 0.290. The van der Waals surface area contributed by atoms with Gasteiger partial charge in [-0.25, -0.2) is 9.59 Å². The summed E-state index contributed by atoms with van der Waals surface area (Å²) in [4.78, 5) is 27.2. The van der Waals surface area contributed by atoms with Gasteiger partial charge in [0, 0.05) is 18.8 Å². The SMILES string of the molecule is CCN(C(=O)N(CC)C(C)(C)C(=O)O)c1ccccc1C. The molecule has 21 heavy (non-hydrogen) atoms. The third-order valence-corrected chi connectivity index (χ3v) is 3.70. The first-order chi connectivity index (χ1) is 9.77. The van der Waals surface area contributed by atoms with Gasteiger partial charge < -0.3 is 10.0 Å². The van der Waals surface area contributed by atoms with E-state index in [-0.39, 0.29) is 6.03 Å². The number of aryl methyl sites for hydroxylation is 1. The average molecular weight is 292 g/mol. The number of likely N-dealkylation sites (N-methyl/N-ethyl adjacent to an activating group) is 1. The van der Waals surface area contributed by atoms with E-state index in [1.807, 2.05) is 38.1 Å². The lowest BCUT2D eigenvalue weighted by atomic mass is 10.0. The first kappa shape index (κ1) is 17.0. The number of nitrogens with zero attached hydrogens (tertiary/aromatic N) is 2. The maximum atomic E-state index is 12.8. The number of carbonyl (C=O) groups is 2. The van der Waals surface area contributed by atoms with Crippen molar-refractivity contribution in [2.75, 3.05) is 18.0 Å². The molecule has 0 heterocycles. The van der Waals surface area contributed by atoms with Crippen molar-refractivity contribution in [2.24, 2.45) is 0 Å². The molecule has 1 rings (SSSR count). The van der Waals surface area contributed by atoms with Crippen LogP contribution in [0.15, 0.2) is 24.3 Å². The Kier molecular flexibility index (Phi) is 5.35. The van der Waals surface area contributed by atoms with Crippen LogP contribution < -0.4 is 4.90 Å². The van der Waals surface area contributed by atoms with Crippen molar-refractivity contribution in [3.63, 3.8) is 0 Å². The lowest BCUT2D eigenvalue weighted by Gasteiger charge is -2.38. The van der Waals surface area contributed by atoms with E-state index in [1.54, 1.807) is 25.7 Å². The molecule has 1 N–H and O–H groups in total. The molecule has 5 heteroatoms. The van der Waals surface area contributed by atoms with Crippen LogP contribution in [-0.4, -0.2) is 40.6 Å². The molecular formula is C16H24N2O3. The van der Waals surface area contributed by atoms with E-state index >= 15 is 0 Å². The van der Waals surface area contributed by atoms with Crippen molar-refractivity contribution in [1.82, 2.24) is 4.90 Å². The maximum absolute atomic E-state index is 12.8. The summed E-state index contributed by atoms with van der Waals surface area (Å²) in [6.45, 7) is 9.51. The highest BCUT2D eigenvalue weighted by Gasteiger charge is 2.39. The van der Waals surface area contributed by atoms with E-state index in [1.165, 1.54) is 4.90 Å². The normalized spacial score (nSPS) is 11.1. The standard InChI is InChI=1S/C16H24N2O3/c1-6-17(13-11-9-8-10-12(13)3)15(21)18(7-2)16(4,5)14(19)20/h8-11H,6-7H2,1-5H3,(H,19,20). The predicted octanol–water partition coefficient (Wildman–Crippen LogP) is 3.13. The van der Waals surface area contributed by atoms with Crippen LogP contribution in [0.1, 0.15) is 33.3 Å². The van der Waals surface area contributed by atoms with E-state index in [9.17, 15) is 14.7 Å². The van der Waals surface area contributed by atoms with Gasteiger partial charge in [0.05, 0.1) is 0 Å². The molecule has 0 saturated heterocycles. The molecule has 0 fully saturated rings. The zero-order valence-corrected chi connectivity index (χ0v) is 13.4. The Bertz CT molecular complexity index is 526. The summed E-state index contributed by atoms with van der Waals surface area (Å²) in [7, 11) is 0. The maximum Gasteiger partial charge on any atom is 0.329 e. The number of hydrogen-bond donors (Lipinski definition) is 1. The smallest absolute Gasteiger partial charge is 0.329 e. The van der Waals surface area contributed by atoms with Crippen molar-refractivity contribution in [2.45, 2.75) is 40.2 Å². The van der Waals surface area contributed by atoms with Gasteiger partial charge in [0.15, 0.2) is 0 Å². The van der Waals surface area contributed by atoms with Crippen LogP contribution >= 0.6 is 0 Å². The number of carboxylic acids is 1. The van der Waals surface area contributed by atoms with Crippen LogP contribution in [-0.2, 0) is 4.79 Å². The quantitative estimate of drug-likeness (QED) is 0.907. The van der Waals surface area contributed by atoms with Crippen molar-refractivity contribution >= 4 is 17.7 Å². The lowest BCUT2D eigenvalue weighted by molar-refractivity contribution is -0.147. The summed E-state index contributed by atoms with van der Waals surface area (Å²) in [5, 5.41) is 9.36. The highest BCUT2D eigenvalue weighted by molar-refractivity contribution is 5.96. The first-order valence-electron chi connectivity index (χ1n) is 7.15. The number of benzene rings is 1. The fourth-order valence-corrected chi connectivity index (χ4v) is 2.31. The Morgan fingerprint density at radius 1 is 1.14 bits per heavy atom. The number of hydrogen-bond acceptors (Lipinski definition) is 2. The third kappa shape index (κ3) is 3.35. The lowest BCUT2D eigenvalue weighted by Crippen LogP contribution is -2.57. The van der Waals surface area contributed by atoms with Crippen molar-refractivity contribution < 1.29 is 14.7 Å². The summed E-state index contributed by atoms with van der Waals surface area (Å²) in [6.07, 6.45) is 0. The number of amides is 2. The fraction of sp³-hybridized carbons (Fsp3) is 0.500. The van der Waals surface area contributed by atoms with Crippen molar-refractivity contribution in [3.8, 4) is 0 Å². The summed E-state index contributed by atoms with van der Waals surface area (Å²) in [5.74, 6) is -1.02. The van der Waals surface area contributed by atoms with Crippen molar-refractivity contribution in [1.29, 1.82) is 0 Å². The van der Waals surface area contributed by atoms with E-state index in [4.69, 9.17) is 0 Å². The molecule has 0 aliphatic rings. The van der Waals surface area contributed by atoms with E-state index in [0.717, 1.165) is 11.3 Å². The molecule has 0 aliphatic heterocycles. The fourth-order valence-electron chi connectivity index (χ4n) is 2.31. The Morgan fingerprint density at radius 3 is 2.14 bits per heavy atom. The average Bonchev–Trinajstić information content (AvgIpc) is 2.42. The molecule has 1 aromatic rings. The summed E-state index contributed by atoms with van der Waals surface area (Å²) < 4.78 is 0. The Hall–Kier alpha value is -2.04. The van der Waals surface area contributed by atoms with Gasteiger partial charge in [0.25, 0.3) is 0 Å². The Balaban J connectivity index is 3.19. The number of rotatable bonds is 5. The highest BCUT2D eigenvalue weighted by Crippen LogP contribution is 2.24. The van der Waals surface area contributed by atoms with Crippen LogP contribution in [0.5, 0.6) is 0 Å². The molecule has 0 saturated carbocycles. The molecule has 0 radical (unpaired) electrons. The second kappa shape index (κ2) is 6.61. The van der Waals surface area contributed by atoms with Gasteiger partial charge in [-0.2, -0.15) is 0 Å². The van der Waals surface area contributed by atoms with Crippen LogP contribution in [0, 0.1) is 6.92 Å². The zero-order chi connectivity index (χ0) is 16.2. The first-order valence-corrected chi connectivity index (χ1v) is 7.15. The number of aliphatic carboxylic acids is 1. The number of carbonyl (C=O) groups excluding carboxylic acids is 1. The molecule has 116 valence electrons. The van der Waals surface area contributed by atoms with Gasteiger partial charge in [-0.3, -0.25) is 4.90 Å². The molecular weight excluding hydrogens is 268 g/mol. The molecule has 2 amide bonds. The van der Waals surface area contributed by atoms with Crippen LogP contribution in [0.25, 0.3) is 0 Å². The summed E-state index contributed by atoms with van der Waals surface area (Å²) >= 11 is 0. The summed E-state index contributed by atoms with van der Waals surface area (Å²) in [6, 6.07) is 7.30. The topological polar surface area (TPSA) is 60.9 Å². The van der Waals surface area contributed by atoms with Gasteiger partial charge >= 0.3 is 12.0 Å². The van der Waals surface area contributed by atoms with Crippen molar-refractivity contribution in [3.05, 3.63) is 29.8 Å². The number of urea groups is 1. The van der Waals surface area contributed by atoms with E-state index < -0.39 is 11.5 Å². The number of para-hydroxylation sites is 1. The van der Waals surface area contributed by atoms with Gasteiger partial charge in [0.2, 0.25) is 0 Å². The zero-order valence-electron chi connectivity index (χ0n) is 13.4. The molecule has 0 aliphatic carbocycles. The van der Waals surface area contributed by atoms with Crippen LogP contribution in [0.2, 0.25) is 0 Å². The minimum atomic E-state index is -1.25. The molecule has 1 aromatic carbocycles. The summed E-state index contributed by atoms with van der Waals surface area (Å²) in [5.41, 5.74) is 0.545. The molecule has 0 bridgehead atoms. The largest absolute Gasteiger partial charge is 0.480 e. The van der Waals surface area contributed by atoms with Crippen LogP contribution in [0.3, 0.4) is 0 Å². The Morgan fingerprint density at radius 2 is 1.71 bits per heavy atom. The molecule has 0 unspecified atom stereocenters. The van der Waals surface area contributed by atoms with Gasteiger partial charge in [0.1, 0.15) is 5.54 Å². The molecule has 0 spiro atoms. The highest BCUT2D eigenvalue weighted by atomic mass is 16.4. The van der Waals surface area contributed by atoms with Gasteiger partial charge in [-0.05, 0) is 46.2 Å². The van der Waals surface area contributed by atoms with Gasteiger partial charge in [-0.1, -0.05) is 18.2 Å². The van der Waals surface area contributed by atoms with Gasteiger partial charge in [-0.15, -0.1) is 0 Å². The van der Waals surface area contributed by atoms with Crippen LogP contribution in [0.4, 0.5) is 10.5 Å². The number of anilines is 1. The predicted molar refractivity (Wildman–Crippen MR) is 83.7 cm³/mol.